The molecule has 0 bridgehead atoms. The molecule has 0 amide bonds. The van der Waals surface area contributed by atoms with Gasteiger partial charge in [-0.05, 0) is 31.4 Å². The largest absolute Gasteiger partial charge is 0.326 e. The Kier molecular flexibility index (Phi) is 3.97. The summed E-state index contributed by atoms with van der Waals surface area (Å²) < 4.78 is 0. The average Bonchev–Trinajstić information content (AvgIpc) is 2.31. The van der Waals surface area contributed by atoms with Crippen LogP contribution in [0.5, 0.6) is 0 Å². The van der Waals surface area contributed by atoms with Crippen LogP contribution in [-0.4, -0.2) is 23.5 Å². The summed E-state index contributed by atoms with van der Waals surface area (Å²) in [6, 6.07) is 11.6. The molecule has 2 N–H and O–H groups in total. The van der Waals surface area contributed by atoms with E-state index in [1.165, 1.54) is 24.9 Å². The van der Waals surface area contributed by atoms with Crippen LogP contribution in [0.15, 0.2) is 30.3 Å². The van der Waals surface area contributed by atoms with Crippen molar-refractivity contribution in [3.05, 3.63) is 35.9 Å². The molecule has 1 aliphatic heterocycles. The van der Waals surface area contributed by atoms with Crippen molar-refractivity contribution in [2.75, 3.05) is 6.54 Å². The average molecular weight is 218 g/mol. The molecule has 2 unspecified atom stereocenters. The molecule has 0 aromatic heterocycles. The van der Waals surface area contributed by atoms with Crippen LogP contribution < -0.4 is 5.73 Å². The van der Waals surface area contributed by atoms with Gasteiger partial charge in [-0.15, -0.1) is 0 Å². The maximum atomic E-state index is 6.19. The third-order valence-corrected chi connectivity index (χ3v) is 3.59. The Bertz CT molecular complexity index is 310. The number of hydrogen-bond acceptors (Lipinski definition) is 2. The Morgan fingerprint density at radius 2 is 2.06 bits per heavy atom. The highest BCUT2D eigenvalue weighted by Gasteiger charge is 2.27. The molecule has 2 atom stereocenters. The minimum absolute atomic E-state index is 0.363. The van der Waals surface area contributed by atoms with E-state index < -0.39 is 0 Å². The summed E-state index contributed by atoms with van der Waals surface area (Å²) in [7, 11) is 0. The lowest BCUT2D eigenvalue weighted by atomic mass is 9.94. The normalized spacial score (nSPS) is 26.9. The van der Waals surface area contributed by atoms with Gasteiger partial charge in [-0.1, -0.05) is 37.3 Å². The predicted octanol–water partition coefficient (Wildman–Crippen LogP) is 2.39. The van der Waals surface area contributed by atoms with E-state index >= 15 is 0 Å². The van der Waals surface area contributed by atoms with Gasteiger partial charge in [0.1, 0.15) is 0 Å². The Balaban J connectivity index is 2.02. The van der Waals surface area contributed by atoms with Gasteiger partial charge < -0.3 is 5.73 Å². The molecule has 2 rings (SSSR count). The smallest absolute Gasteiger partial charge is 0.0248 e. The molecule has 0 radical (unpaired) electrons. The first-order valence-corrected chi connectivity index (χ1v) is 6.35. The zero-order chi connectivity index (χ0) is 11.4. The van der Waals surface area contributed by atoms with Crippen LogP contribution in [0.2, 0.25) is 0 Å². The van der Waals surface area contributed by atoms with Crippen molar-refractivity contribution >= 4 is 0 Å². The highest BCUT2D eigenvalue weighted by atomic mass is 15.2. The van der Waals surface area contributed by atoms with Gasteiger partial charge in [-0.25, -0.2) is 0 Å². The Morgan fingerprint density at radius 3 is 2.75 bits per heavy atom. The summed E-state index contributed by atoms with van der Waals surface area (Å²) in [4.78, 5) is 2.55. The molecule has 1 aromatic rings. The van der Waals surface area contributed by atoms with Crippen molar-refractivity contribution < 1.29 is 0 Å². The molecule has 0 spiro atoms. The summed E-state index contributed by atoms with van der Waals surface area (Å²) in [6.45, 7) is 4.49. The van der Waals surface area contributed by atoms with Crippen LogP contribution in [0.1, 0.15) is 31.7 Å². The van der Waals surface area contributed by atoms with Crippen molar-refractivity contribution in [1.82, 2.24) is 4.90 Å². The maximum absolute atomic E-state index is 6.19. The van der Waals surface area contributed by atoms with Crippen LogP contribution in [0.4, 0.5) is 0 Å². The molecule has 2 nitrogen and oxygen atoms in total. The lowest BCUT2D eigenvalue weighted by Crippen LogP contribution is -2.51. The molecule has 0 aliphatic carbocycles. The topological polar surface area (TPSA) is 29.3 Å². The third-order valence-electron chi connectivity index (χ3n) is 3.59. The fourth-order valence-corrected chi connectivity index (χ4v) is 2.73. The molecule has 0 saturated carbocycles. The molecule has 1 saturated heterocycles. The molecule has 88 valence electrons. The van der Waals surface area contributed by atoms with Crippen LogP contribution >= 0.6 is 0 Å². The van der Waals surface area contributed by atoms with Crippen molar-refractivity contribution in [2.24, 2.45) is 5.73 Å². The summed E-state index contributed by atoms with van der Waals surface area (Å²) in [5.74, 6) is 0. The zero-order valence-electron chi connectivity index (χ0n) is 10.1. The second-order valence-corrected chi connectivity index (χ2v) is 4.74. The van der Waals surface area contributed by atoms with Crippen LogP contribution in [0.3, 0.4) is 0 Å². The molecular formula is C14H22N2. The number of nitrogens with two attached hydrogens (primary N) is 1. The van der Waals surface area contributed by atoms with E-state index in [0.29, 0.717) is 12.1 Å². The Hall–Kier alpha value is -0.860. The van der Waals surface area contributed by atoms with Gasteiger partial charge in [-0.3, -0.25) is 4.90 Å². The minimum Gasteiger partial charge on any atom is -0.326 e. The molecule has 1 aromatic carbocycles. The van der Waals surface area contributed by atoms with Gasteiger partial charge in [0.2, 0.25) is 0 Å². The van der Waals surface area contributed by atoms with Crippen LogP contribution in [0, 0.1) is 0 Å². The lowest BCUT2D eigenvalue weighted by Gasteiger charge is -2.39. The monoisotopic (exact) mass is 218 g/mol. The van der Waals surface area contributed by atoms with E-state index in [0.717, 1.165) is 13.0 Å². The third kappa shape index (κ3) is 2.63. The van der Waals surface area contributed by atoms with E-state index in [1.54, 1.807) is 0 Å². The number of rotatable bonds is 3. The van der Waals surface area contributed by atoms with Gasteiger partial charge in [0.25, 0.3) is 0 Å². The van der Waals surface area contributed by atoms with Crippen molar-refractivity contribution in [1.29, 1.82) is 0 Å². The summed E-state index contributed by atoms with van der Waals surface area (Å²) >= 11 is 0. The first-order chi connectivity index (χ1) is 7.81. The predicted molar refractivity (Wildman–Crippen MR) is 68.1 cm³/mol. The van der Waals surface area contributed by atoms with Crippen molar-refractivity contribution in [3.8, 4) is 0 Å². The number of nitrogens with zero attached hydrogens (tertiary/aromatic N) is 1. The standard InChI is InChI=1S/C14H22N2/c1-2-14-13(15)9-6-10-16(14)11-12-7-4-3-5-8-12/h3-5,7-8,13-14H,2,6,9-11,15H2,1H3. The molecule has 1 heterocycles. The highest BCUT2D eigenvalue weighted by molar-refractivity contribution is 5.14. The number of hydrogen-bond donors (Lipinski definition) is 1. The second kappa shape index (κ2) is 5.46. The van der Waals surface area contributed by atoms with Crippen molar-refractivity contribution in [2.45, 2.75) is 44.8 Å². The van der Waals surface area contributed by atoms with Gasteiger partial charge >= 0.3 is 0 Å². The SMILES string of the molecule is CCC1C(N)CCCN1Cc1ccccc1. The number of piperidine rings is 1. The Morgan fingerprint density at radius 1 is 1.31 bits per heavy atom. The fraction of sp³-hybridized carbons (Fsp3) is 0.571. The van der Waals surface area contributed by atoms with Gasteiger partial charge in [0.05, 0.1) is 0 Å². The Labute approximate surface area is 98.4 Å². The molecular weight excluding hydrogens is 196 g/mol. The van der Waals surface area contributed by atoms with Crippen LogP contribution in [0.25, 0.3) is 0 Å². The number of likely N-dealkylation sites (tertiary alicyclic amines) is 1. The molecule has 16 heavy (non-hydrogen) atoms. The van der Waals surface area contributed by atoms with Gasteiger partial charge in [-0.2, -0.15) is 0 Å². The zero-order valence-corrected chi connectivity index (χ0v) is 10.1. The maximum Gasteiger partial charge on any atom is 0.0248 e. The van der Waals surface area contributed by atoms with E-state index in [4.69, 9.17) is 5.73 Å². The highest BCUT2D eigenvalue weighted by Crippen LogP contribution is 2.20. The lowest BCUT2D eigenvalue weighted by molar-refractivity contribution is 0.117. The van der Waals surface area contributed by atoms with E-state index in [2.05, 4.69) is 42.2 Å². The summed E-state index contributed by atoms with van der Waals surface area (Å²) in [5, 5.41) is 0. The van der Waals surface area contributed by atoms with Crippen LogP contribution in [-0.2, 0) is 6.54 Å². The number of benzene rings is 1. The van der Waals surface area contributed by atoms with E-state index in [9.17, 15) is 0 Å². The fourth-order valence-electron chi connectivity index (χ4n) is 2.73. The first-order valence-electron chi connectivity index (χ1n) is 6.35. The quantitative estimate of drug-likeness (QED) is 0.844. The first kappa shape index (κ1) is 11.6. The van der Waals surface area contributed by atoms with Gasteiger partial charge in [0, 0.05) is 18.6 Å². The molecule has 2 heteroatoms. The molecule has 1 fully saturated rings. The van der Waals surface area contributed by atoms with E-state index in [-0.39, 0.29) is 0 Å². The summed E-state index contributed by atoms with van der Waals surface area (Å²) in [5.41, 5.74) is 7.59. The van der Waals surface area contributed by atoms with Crippen molar-refractivity contribution in [3.63, 3.8) is 0 Å². The molecule has 1 aliphatic rings. The van der Waals surface area contributed by atoms with Gasteiger partial charge in [0.15, 0.2) is 0 Å². The summed E-state index contributed by atoms with van der Waals surface area (Å²) in [6.07, 6.45) is 3.59. The second-order valence-electron chi connectivity index (χ2n) is 4.74. The van der Waals surface area contributed by atoms with E-state index in [1.807, 2.05) is 0 Å². The minimum atomic E-state index is 0.363.